The van der Waals surface area contributed by atoms with Crippen LogP contribution in [0.15, 0.2) is 0 Å². The quantitative estimate of drug-likeness (QED) is 0.528. The molecular weight excluding hydrogens is 124 g/mol. The Morgan fingerprint density at radius 2 is 1.90 bits per heavy atom. The van der Waals surface area contributed by atoms with Gasteiger partial charge in [0.2, 0.25) is 0 Å². The zero-order valence-electron chi connectivity index (χ0n) is 6.64. The highest BCUT2D eigenvalue weighted by molar-refractivity contribution is 5.07. The van der Waals surface area contributed by atoms with E-state index in [2.05, 4.69) is 11.9 Å². The van der Waals surface area contributed by atoms with Crippen LogP contribution in [0.25, 0.3) is 0 Å². The molecule has 2 nitrogen and oxygen atoms in total. The second-order valence-corrected chi connectivity index (χ2v) is 3.98. The summed E-state index contributed by atoms with van der Waals surface area (Å²) in [5.74, 6) is 0. The zero-order chi connectivity index (χ0) is 7.19. The van der Waals surface area contributed by atoms with Gasteiger partial charge in [-0.2, -0.15) is 0 Å². The normalized spacial score (nSPS) is 38.4. The van der Waals surface area contributed by atoms with E-state index in [-0.39, 0.29) is 0 Å². The van der Waals surface area contributed by atoms with Crippen LogP contribution in [-0.2, 0) is 0 Å². The number of nitrogens with zero attached hydrogens (tertiary/aromatic N) is 1. The molecule has 58 valence electrons. The SMILES string of the molecule is CN1CCC2(CC1)C[C@H]2N. The Kier molecular flexibility index (Phi) is 1.29. The zero-order valence-corrected chi connectivity index (χ0v) is 6.64. The highest BCUT2D eigenvalue weighted by Gasteiger charge is 2.52. The summed E-state index contributed by atoms with van der Waals surface area (Å²) in [6, 6.07) is 0.543. The van der Waals surface area contributed by atoms with Crippen molar-refractivity contribution in [2.75, 3.05) is 20.1 Å². The van der Waals surface area contributed by atoms with Gasteiger partial charge in [0.25, 0.3) is 0 Å². The number of piperidine rings is 1. The maximum Gasteiger partial charge on any atom is 0.0103 e. The Morgan fingerprint density at radius 3 is 2.30 bits per heavy atom. The summed E-state index contributed by atoms with van der Waals surface area (Å²) in [5, 5.41) is 0. The molecule has 1 aliphatic heterocycles. The molecule has 10 heavy (non-hydrogen) atoms. The minimum Gasteiger partial charge on any atom is -0.327 e. The molecule has 1 atom stereocenters. The summed E-state index contributed by atoms with van der Waals surface area (Å²) in [5.41, 5.74) is 6.46. The molecule has 1 heterocycles. The number of likely N-dealkylation sites (tertiary alicyclic amines) is 1. The van der Waals surface area contributed by atoms with Crippen molar-refractivity contribution in [3.8, 4) is 0 Å². The molecule has 0 unspecified atom stereocenters. The number of hydrogen-bond acceptors (Lipinski definition) is 2. The molecule has 1 saturated heterocycles. The average molecular weight is 140 g/mol. The molecule has 0 aromatic carbocycles. The van der Waals surface area contributed by atoms with E-state index in [9.17, 15) is 0 Å². The Balaban J connectivity index is 1.93. The molecule has 2 rings (SSSR count). The predicted octanol–water partition coefficient (Wildman–Crippen LogP) is 0.429. The maximum atomic E-state index is 5.86. The number of rotatable bonds is 0. The van der Waals surface area contributed by atoms with Crippen LogP contribution in [0.5, 0.6) is 0 Å². The third-order valence-corrected chi connectivity index (χ3v) is 3.24. The Morgan fingerprint density at radius 1 is 1.40 bits per heavy atom. The van der Waals surface area contributed by atoms with E-state index in [1.54, 1.807) is 0 Å². The Bertz CT molecular complexity index is 136. The minimum atomic E-state index is 0.543. The lowest BCUT2D eigenvalue weighted by atomic mass is 9.93. The molecule has 0 bridgehead atoms. The van der Waals surface area contributed by atoms with E-state index >= 15 is 0 Å². The van der Waals surface area contributed by atoms with Crippen LogP contribution in [0.2, 0.25) is 0 Å². The lowest BCUT2D eigenvalue weighted by Gasteiger charge is -2.29. The van der Waals surface area contributed by atoms with Crippen molar-refractivity contribution in [3.63, 3.8) is 0 Å². The molecule has 0 amide bonds. The molecule has 1 saturated carbocycles. The van der Waals surface area contributed by atoms with Gasteiger partial charge in [0.1, 0.15) is 0 Å². The van der Waals surface area contributed by atoms with Crippen molar-refractivity contribution in [3.05, 3.63) is 0 Å². The van der Waals surface area contributed by atoms with Crippen LogP contribution in [0.1, 0.15) is 19.3 Å². The number of hydrogen-bond donors (Lipinski definition) is 1. The Labute approximate surface area is 62.4 Å². The molecular formula is C8H16N2. The summed E-state index contributed by atoms with van der Waals surface area (Å²) < 4.78 is 0. The van der Waals surface area contributed by atoms with Crippen LogP contribution in [0.4, 0.5) is 0 Å². The van der Waals surface area contributed by atoms with Gasteiger partial charge >= 0.3 is 0 Å². The first kappa shape index (κ1) is 6.62. The van der Waals surface area contributed by atoms with Crippen molar-refractivity contribution in [1.82, 2.24) is 4.90 Å². The standard InChI is InChI=1S/C8H16N2/c1-10-4-2-8(3-5-10)6-7(8)9/h7H,2-6,9H2,1H3/t7-/m1/s1. The molecule has 2 aliphatic rings. The van der Waals surface area contributed by atoms with Gasteiger partial charge in [-0.1, -0.05) is 0 Å². The molecule has 0 aromatic heterocycles. The van der Waals surface area contributed by atoms with E-state index in [1.807, 2.05) is 0 Å². The fourth-order valence-electron chi connectivity index (χ4n) is 2.02. The van der Waals surface area contributed by atoms with Crippen molar-refractivity contribution in [1.29, 1.82) is 0 Å². The van der Waals surface area contributed by atoms with Gasteiger partial charge in [-0.25, -0.2) is 0 Å². The highest BCUT2D eigenvalue weighted by atomic mass is 15.1. The topological polar surface area (TPSA) is 29.3 Å². The second kappa shape index (κ2) is 1.95. The lowest BCUT2D eigenvalue weighted by Crippen LogP contribution is -2.33. The van der Waals surface area contributed by atoms with E-state index < -0.39 is 0 Å². The van der Waals surface area contributed by atoms with Gasteiger partial charge in [0, 0.05) is 6.04 Å². The van der Waals surface area contributed by atoms with E-state index in [0.29, 0.717) is 11.5 Å². The van der Waals surface area contributed by atoms with Gasteiger partial charge < -0.3 is 10.6 Å². The molecule has 0 aromatic rings. The van der Waals surface area contributed by atoms with Crippen LogP contribution >= 0.6 is 0 Å². The summed E-state index contributed by atoms with van der Waals surface area (Å²) in [6.45, 7) is 2.52. The highest BCUT2D eigenvalue weighted by Crippen LogP contribution is 2.52. The molecule has 1 spiro atoms. The molecule has 2 heteroatoms. The summed E-state index contributed by atoms with van der Waals surface area (Å²) >= 11 is 0. The predicted molar refractivity (Wildman–Crippen MR) is 41.8 cm³/mol. The first-order chi connectivity index (χ1) is 4.73. The van der Waals surface area contributed by atoms with Gasteiger partial charge in [-0.3, -0.25) is 0 Å². The lowest BCUT2D eigenvalue weighted by molar-refractivity contribution is 0.201. The van der Waals surface area contributed by atoms with Crippen LogP contribution < -0.4 is 5.73 Å². The third kappa shape index (κ3) is 0.867. The Hall–Kier alpha value is -0.0800. The first-order valence-corrected chi connectivity index (χ1v) is 4.17. The van der Waals surface area contributed by atoms with Gasteiger partial charge in [-0.05, 0) is 44.8 Å². The van der Waals surface area contributed by atoms with E-state index in [4.69, 9.17) is 5.73 Å². The van der Waals surface area contributed by atoms with Crippen molar-refractivity contribution < 1.29 is 0 Å². The monoisotopic (exact) mass is 140 g/mol. The van der Waals surface area contributed by atoms with Crippen molar-refractivity contribution in [2.45, 2.75) is 25.3 Å². The summed E-state index contributed by atoms with van der Waals surface area (Å²) in [4.78, 5) is 2.40. The second-order valence-electron chi connectivity index (χ2n) is 3.98. The van der Waals surface area contributed by atoms with Gasteiger partial charge in [0.05, 0.1) is 0 Å². The largest absolute Gasteiger partial charge is 0.327 e. The van der Waals surface area contributed by atoms with E-state index in [0.717, 1.165) is 0 Å². The summed E-state index contributed by atoms with van der Waals surface area (Å²) in [6.07, 6.45) is 3.97. The van der Waals surface area contributed by atoms with Crippen molar-refractivity contribution in [2.24, 2.45) is 11.1 Å². The molecule has 2 N–H and O–H groups in total. The average Bonchev–Trinajstić information content (AvgIpc) is 2.53. The van der Waals surface area contributed by atoms with Crippen LogP contribution in [-0.4, -0.2) is 31.1 Å². The number of nitrogens with two attached hydrogens (primary N) is 1. The fraction of sp³-hybridized carbons (Fsp3) is 1.00. The van der Waals surface area contributed by atoms with E-state index in [1.165, 1.54) is 32.4 Å². The maximum absolute atomic E-state index is 5.86. The molecule has 1 aliphatic carbocycles. The first-order valence-electron chi connectivity index (χ1n) is 4.17. The van der Waals surface area contributed by atoms with Gasteiger partial charge in [0.15, 0.2) is 0 Å². The van der Waals surface area contributed by atoms with Gasteiger partial charge in [-0.15, -0.1) is 0 Å². The summed E-state index contributed by atoms with van der Waals surface area (Å²) in [7, 11) is 2.20. The molecule has 2 fully saturated rings. The van der Waals surface area contributed by atoms with Crippen molar-refractivity contribution >= 4 is 0 Å². The molecule has 0 radical (unpaired) electrons. The third-order valence-electron chi connectivity index (χ3n) is 3.24. The fourth-order valence-corrected chi connectivity index (χ4v) is 2.02. The minimum absolute atomic E-state index is 0.543. The smallest absolute Gasteiger partial charge is 0.0103 e. The van der Waals surface area contributed by atoms with Crippen LogP contribution in [0, 0.1) is 5.41 Å². The van der Waals surface area contributed by atoms with Crippen LogP contribution in [0.3, 0.4) is 0 Å².